The summed E-state index contributed by atoms with van der Waals surface area (Å²) in [4.78, 5) is 4.16. The predicted molar refractivity (Wildman–Crippen MR) is 221 cm³/mol. The molecule has 4 unspecified atom stereocenters. The molecule has 0 aliphatic rings. The van der Waals surface area contributed by atoms with Crippen molar-refractivity contribution in [2.24, 2.45) is 11.8 Å². The van der Waals surface area contributed by atoms with Crippen molar-refractivity contribution in [1.29, 1.82) is 0 Å². The number of aliphatic hydroxyl groups is 2. The lowest BCUT2D eigenvalue weighted by molar-refractivity contribution is 0.0104. The zero-order valence-electron chi connectivity index (χ0n) is 31.2. The van der Waals surface area contributed by atoms with E-state index in [2.05, 4.69) is 30.9 Å². The minimum Gasteiger partial charge on any atom is -0.380 e. The average molecular weight is 771 g/mol. The Morgan fingerprint density at radius 2 is 1.04 bits per heavy atom. The van der Waals surface area contributed by atoms with Gasteiger partial charge < -0.3 is 20.0 Å². The third-order valence-corrected chi connectivity index (χ3v) is 10.6. The van der Waals surface area contributed by atoms with Crippen LogP contribution in [0.5, 0.6) is 0 Å². The Bertz CT molecular complexity index is 1770. The summed E-state index contributed by atoms with van der Waals surface area (Å²) in [6.45, 7) is 11.6. The minimum atomic E-state index is -1.26. The molecule has 0 heterocycles. The lowest BCUT2D eigenvalue weighted by Gasteiger charge is -2.38. The molecule has 0 bridgehead atoms. The topological polar surface area (TPSA) is 46.9 Å². The van der Waals surface area contributed by atoms with Crippen LogP contribution in [0.3, 0.4) is 0 Å². The van der Waals surface area contributed by atoms with E-state index in [0.717, 1.165) is 34.4 Å². The lowest BCUT2D eigenvalue weighted by atomic mass is 9.76. The van der Waals surface area contributed by atoms with Gasteiger partial charge in [-0.15, -0.1) is 0 Å². The van der Waals surface area contributed by atoms with Crippen molar-refractivity contribution in [3.63, 3.8) is 0 Å². The molecule has 0 fully saturated rings. The summed E-state index contributed by atoms with van der Waals surface area (Å²) in [6, 6.07) is 28.7. The Morgan fingerprint density at radius 3 is 1.47 bits per heavy atom. The number of nitrogens with zero attached hydrogens (tertiary/aromatic N) is 2. The van der Waals surface area contributed by atoms with Gasteiger partial charge in [-0.05, 0) is 107 Å². The van der Waals surface area contributed by atoms with Crippen LogP contribution in [0.2, 0.25) is 20.1 Å². The second kappa shape index (κ2) is 18.9. The van der Waals surface area contributed by atoms with Crippen molar-refractivity contribution in [2.45, 2.75) is 45.8 Å². The zero-order valence-corrected chi connectivity index (χ0v) is 34.2. The van der Waals surface area contributed by atoms with Gasteiger partial charge in [-0.1, -0.05) is 139 Å². The van der Waals surface area contributed by atoms with Gasteiger partial charge in [0.15, 0.2) is 0 Å². The lowest BCUT2D eigenvalue weighted by Crippen LogP contribution is -2.40. The number of halogens is 4. The van der Waals surface area contributed by atoms with Gasteiger partial charge in [-0.2, -0.15) is 0 Å². The van der Waals surface area contributed by atoms with E-state index in [1.807, 2.05) is 139 Å². The molecule has 0 amide bonds. The van der Waals surface area contributed by atoms with Crippen molar-refractivity contribution < 1.29 is 10.2 Å². The highest BCUT2D eigenvalue weighted by Gasteiger charge is 2.40. The molecule has 2 N–H and O–H groups in total. The van der Waals surface area contributed by atoms with Crippen LogP contribution < -0.4 is 0 Å². The smallest absolute Gasteiger partial charge is 0.116 e. The third kappa shape index (κ3) is 11.2. The van der Waals surface area contributed by atoms with Crippen LogP contribution >= 0.6 is 46.4 Å². The van der Waals surface area contributed by atoms with Crippen LogP contribution in [-0.4, -0.2) is 61.3 Å². The molecule has 51 heavy (non-hydrogen) atoms. The summed E-state index contributed by atoms with van der Waals surface area (Å²) in [5.74, 6) is -0.0780. The van der Waals surface area contributed by atoms with Crippen molar-refractivity contribution in [3.05, 3.63) is 150 Å². The first-order valence-corrected chi connectivity index (χ1v) is 18.5. The van der Waals surface area contributed by atoms with Crippen molar-refractivity contribution in [2.75, 3.05) is 41.3 Å². The third-order valence-electron chi connectivity index (χ3n) is 9.27. The Kier molecular flexibility index (Phi) is 15.9. The molecule has 0 saturated carbocycles. The zero-order chi connectivity index (χ0) is 38.1. The quantitative estimate of drug-likeness (QED) is 0.151. The highest BCUT2D eigenvalue weighted by Crippen LogP contribution is 2.43. The number of rotatable bonds is 12. The van der Waals surface area contributed by atoms with Gasteiger partial charge >= 0.3 is 0 Å². The molecule has 0 radical (unpaired) electrons. The molecule has 0 aliphatic heterocycles. The molecular weight excluding hydrogens is 718 g/mol. The fraction of sp³-hybridized carbons (Fsp3) is 0.349. The second-order valence-corrected chi connectivity index (χ2v) is 15.7. The van der Waals surface area contributed by atoms with Crippen molar-refractivity contribution in [3.8, 4) is 0 Å². The summed E-state index contributed by atoms with van der Waals surface area (Å²) < 4.78 is 0. The first-order valence-electron chi connectivity index (χ1n) is 17.0. The standard InChI is InChI=1S/C22H28ClNO.C21H24Cl3NO/c1-16-6-10-20(11-7-16)22(25,18(3)15-24(4)5)17(2)14-19-8-12-21(23)13-9-19;1-14(12-16-8-10-17(22)11-9-16)21(26,15(2)13-25(3)4)18-6-5-7-19(23)20(18)24/h6-14,18,25H,15H2,1-5H3;5-12,15,26H,13H2,1-4H3. The van der Waals surface area contributed by atoms with Crippen LogP contribution in [0.25, 0.3) is 12.2 Å². The van der Waals surface area contributed by atoms with E-state index in [1.165, 1.54) is 5.56 Å². The van der Waals surface area contributed by atoms with Crippen molar-refractivity contribution in [1.82, 2.24) is 9.80 Å². The molecule has 0 saturated heterocycles. The van der Waals surface area contributed by atoms with Gasteiger partial charge in [0.1, 0.15) is 11.2 Å². The SMILES string of the molecule is CC(=Cc1ccc(Cl)cc1)C(O)(c1ccc(C)cc1)C(C)CN(C)C.CC(=Cc1ccc(Cl)cc1)C(O)(c1cccc(Cl)c1Cl)C(C)CN(C)C. The molecule has 0 spiro atoms. The number of aryl methyl sites for hydroxylation is 1. The van der Waals surface area contributed by atoms with Gasteiger partial charge in [-0.25, -0.2) is 0 Å². The van der Waals surface area contributed by atoms with E-state index < -0.39 is 11.2 Å². The van der Waals surface area contributed by atoms with E-state index in [9.17, 15) is 10.2 Å². The molecule has 4 rings (SSSR count). The second-order valence-electron chi connectivity index (χ2n) is 14.1. The van der Waals surface area contributed by atoms with E-state index in [4.69, 9.17) is 46.4 Å². The molecule has 4 nitrogen and oxygen atoms in total. The maximum absolute atomic E-state index is 11.8. The fourth-order valence-corrected chi connectivity index (χ4v) is 7.27. The minimum absolute atomic E-state index is 0.0359. The van der Waals surface area contributed by atoms with E-state index >= 15 is 0 Å². The normalized spacial score (nSPS) is 15.9. The van der Waals surface area contributed by atoms with E-state index in [1.54, 1.807) is 6.07 Å². The van der Waals surface area contributed by atoms with Crippen LogP contribution in [0.4, 0.5) is 0 Å². The molecule has 8 heteroatoms. The van der Waals surface area contributed by atoms with Gasteiger partial charge in [0.2, 0.25) is 0 Å². The van der Waals surface area contributed by atoms with Crippen molar-refractivity contribution >= 4 is 58.6 Å². The molecule has 0 aromatic heterocycles. The predicted octanol–water partition coefficient (Wildman–Crippen LogP) is 11.3. The van der Waals surface area contributed by atoms with Crippen LogP contribution in [0.1, 0.15) is 55.5 Å². The maximum Gasteiger partial charge on any atom is 0.116 e. The number of benzene rings is 4. The number of hydrogen-bond acceptors (Lipinski definition) is 4. The van der Waals surface area contributed by atoms with Gasteiger partial charge in [0.05, 0.1) is 10.0 Å². The molecule has 274 valence electrons. The molecule has 4 aromatic rings. The van der Waals surface area contributed by atoms with E-state index in [0.29, 0.717) is 32.2 Å². The Morgan fingerprint density at radius 1 is 0.627 bits per heavy atom. The first-order chi connectivity index (χ1) is 23.9. The van der Waals surface area contributed by atoms with Gasteiger partial charge in [-0.3, -0.25) is 0 Å². The Hall–Kier alpha value is -2.64. The average Bonchev–Trinajstić information content (AvgIpc) is 3.07. The molecule has 0 aliphatic carbocycles. The first kappa shape index (κ1) is 42.8. The molecule has 4 aromatic carbocycles. The highest BCUT2D eigenvalue weighted by molar-refractivity contribution is 6.42. The highest BCUT2D eigenvalue weighted by atomic mass is 35.5. The van der Waals surface area contributed by atoms with Crippen LogP contribution in [0, 0.1) is 18.8 Å². The summed E-state index contributed by atoms with van der Waals surface area (Å²) in [5.41, 5.74) is 4.14. The Balaban J connectivity index is 0.000000276. The van der Waals surface area contributed by atoms with Crippen LogP contribution in [-0.2, 0) is 11.2 Å². The number of hydrogen-bond donors (Lipinski definition) is 2. The summed E-state index contributed by atoms with van der Waals surface area (Å²) in [5, 5.41) is 25.8. The summed E-state index contributed by atoms with van der Waals surface area (Å²) in [6.07, 6.45) is 4.00. The van der Waals surface area contributed by atoms with Crippen LogP contribution in [0.15, 0.2) is 102 Å². The largest absolute Gasteiger partial charge is 0.380 e. The van der Waals surface area contributed by atoms with Gasteiger partial charge in [0, 0.05) is 40.5 Å². The molecular formula is C43H52Cl4N2O2. The maximum atomic E-state index is 11.8. The summed E-state index contributed by atoms with van der Waals surface area (Å²) in [7, 11) is 8.03. The van der Waals surface area contributed by atoms with Gasteiger partial charge in [0.25, 0.3) is 0 Å². The van der Waals surface area contributed by atoms with E-state index in [-0.39, 0.29) is 11.8 Å². The monoisotopic (exact) mass is 768 g/mol. The summed E-state index contributed by atoms with van der Waals surface area (Å²) >= 11 is 24.7. The Labute approximate surface area is 325 Å². The fourth-order valence-electron chi connectivity index (χ4n) is 6.57. The molecule has 4 atom stereocenters.